The summed E-state index contributed by atoms with van der Waals surface area (Å²) in [5.74, 6) is 0.720. The maximum atomic E-state index is 5.64. The van der Waals surface area contributed by atoms with Gasteiger partial charge in [0, 0.05) is 12.3 Å². The maximum absolute atomic E-state index is 5.64. The molecule has 0 amide bonds. The third kappa shape index (κ3) is 6.30. The number of rotatable bonds is 3. The highest BCUT2D eigenvalue weighted by molar-refractivity contribution is 5.18. The Bertz CT molecular complexity index is 341. The average Bonchev–Trinajstić information content (AvgIpc) is 2.13. The van der Waals surface area contributed by atoms with Crippen molar-refractivity contribution in [2.24, 2.45) is 10.8 Å². The highest BCUT2D eigenvalue weighted by Gasteiger charge is 2.13. The van der Waals surface area contributed by atoms with Crippen molar-refractivity contribution in [1.82, 2.24) is 4.98 Å². The molecule has 17 heavy (non-hydrogen) atoms. The Hall–Kier alpha value is -1.05. The van der Waals surface area contributed by atoms with Gasteiger partial charge in [0.25, 0.3) is 0 Å². The zero-order chi connectivity index (χ0) is 13.1. The molecule has 0 saturated heterocycles. The first kappa shape index (κ1) is 14.0. The van der Waals surface area contributed by atoms with Gasteiger partial charge < -0.3 is 4.74 Å². The molecule has 96 valence electrons. The van der Waals surface area contributed by atoms with E-state index in [2.05, 4.69) is 52.6 Å². The zero-order valence-electron chi connectivity index (χ0n) is 12.0. The Morgan fingerprint density at radius 1 is 1.00 bits per heavy atom. The number of pyridine rings is 1. The minimum Gasteiger partial charge on any atom is -0.477 e. The molecule has 0 unspecified atom stereocenters. The molecule has 0 radical (unpaired) electrons. The molecule has 1 aromatic heterocycles. The predicted octanol–water partition coefficient (Wildman–Crippen LogP) is 4.10. The van der Waals surface area contributed by atoms with Gasteiger partial charge in [-0.15, -0.1) is 0 Å². The Morgan fingerprint density at radius 3 is 2.06 bits per heavy atom. The first-order chi connectivity index (χ1) is 7.66. The first-order valence-corrected chi connectivity index (χ1v) is 6.23. The molecule has 1 heterocycles. The quantitative estimate of drug-likeness (QED) is 0.787. The van der Waals surface area contributed by atoms with Crippen molar-refractivity contribution in [3.05, 3.63) is 23.9 Å². The summed E-state index contributed by atoms with van der Waals surface area (Å²) in [6, 6.07) is 4.07. The lowest BCUT2D eigenvalue weighted by molar-refractivity contribution is 0.191. The van der Waals surface area contributed by atoms with Crippen molar-refractivity contribution >= 4 is 0 Å². The predicted molar refractivity (Wildman–Crippen MR) is 72.3 cm³/mol. The summed E-state index contributed by atoms with van der Waals surface area (Å²) in [7, 11) is 0. The van der Waals surface area contributed by atoms with Crippen molar-refractivity contribution in [2.45, 2.75) is 48.0 Å². The van der Waals surface area contributed by atoms with Crippen LogP contribution in [0.3, 0.4) is 0 Å². The normalized spacial score (nSPS) is 12.6. The topological polar surface area (TPSA) is 22.1 Å². The van der Waals surface area contributed by atoms with Crippen LogP contribution in [0.1, 0.15) is 47.1 Å². The van der Waals surface area contributed by atoms with Gasteiger partial charge >= 0.3 is 0 Å². The molecule has 0 aliphatic heterocycles. The molecule has 0 atom stereocenters. The summed E-state index contributed by atoms with van der Waals surface area (Å²) in [5.41, 5.74) is 1.74. The van der Waals surface area contributed by atoms with Gasteiger partial charge in [0.2, 0.25) is 5.88 Å². The van der Waals surface area contributed by atoms with E-state index < -0.39 is 0 Å². The van der Waals surface area contributed by atoms with Crippen LogP contribution in [0.25, 0.3) is 0 Å². The zero-order valence-corrected chi connectivity index (χ0v) is 12.0. The van der Waals surface area contributed by atoms with Crippen LogP contribution in [0.5, 0.6) is 5.88 Å². The molecule has 0 bridgehead atoms. The second kappa shape index (κ2) is 5.07. The van der Waals surface area contributed by atoms with E-state index in [-0.39, 0.29) is 5.41 Å². The van der Waals surface area contributed by atoms with Gasteiger partial charge in [0.15, 0.2) is 0 Å². The monoisotopic (exact) mass is 235 g/mol. The van der Waals surface area contributed by atoms with Gasteiger partial charge in [0.05, 0.1) is 6.61 Å². The van der Waals surface area contributed by atoms with Gasteiger partial charge in [0.1, 0.15) is 0 Å². The molecule has 2 nitrogen and oxygen atoms in total. The van der Waals surface area contributed by atoms with Crippen molar-refractivity contribution in [3.8, 4) is 5.88 Å². The van der Waals surface area contributed by atoms with E-state index in [1.807, 2.05) is 12.3 Å². The minimum atomic E-state index is 0.172. The third-order valence-corrected chi connectivity index (χ3v) is 2.19. The molecule has 0 fully saturated rings. The van der Waals surface area contributed by atoms with Crippen LogP contribution in [0.2, 0.25) is 0 Å². The molecule has 1 rings (SSSR count). The molecule has 0 N–H and O–H groups in total. The molecule has 0 spiro atoms. The number of ether oxygens (including phenoxy) is 1. The van der Waals surface area contributed by atoms with Crippen molar-refractivity contribution < 1.29 is 4.74 Å². The van der Waals surface area contributed by atoms with Gasteiger partial charge in [-0.3, -0.25) is 0 Å². The van der Waals surface area contributed by atoms with Gasteiger partial charge in [-0.25, -0.2) is 4.98 Å². The second-order valence-corrected chi connectivity index (χ2v) is 7.09. The van der Waals surface area contributed by atoms with Gasteiger partial charge in [-0.2, -0.15) is 0 Å². The molecule has 2 heteroatoms. The highest BCUT2D eigenvalue weighted by atomic mass is 16.5. The number of hydrogen-bond donors (Lipinski definition) is 0. The number of nitrogens with zero attached hydrogens (tertiary/aromatic N) is 1. The lowest BCUT2D eigenvalue weighted by atomic mass is 9.89. The lowest BCUT2D eigenvalue weighted by Gasteiger charge is -2.19. The van der Waals surface area contributed by atoms with Crippen LogP contribution in [0, 0.1) is 10.8 Å². The molecule has 0 saturated carbocycles. The Labute approximate surface area is 105 Å². The average molecular weight is 235 g/mol. The van der Waals surface area contributed by atoms with E-state index in [0.717, 1.165) is 12.3 Å². The maximum Gasteiger partial charge on any atom is 0.213 e. The van der Waals surface area contributed by atoms with E-state index >= 15 is 0 Å². The fourth-order valence-corrected chi connectivity index (χ4v) is 1.50. The van der Waals surface area contributed by atoms with Crippen LogP contribution in [0.4, 0.5) is 0 Å². The largest absolute Gasteiger partial charge is 0.477 e. The van der Waals surface area contributed by atoms with Crippen molar-refractivity contribution in [2.75, 3.05) is 6.61 Å². The van der Waals surface area contributed by atoms with Crippen LogP contribution in [-0.4, -0.2) is 11.6 Å². The summed E-state index contributed by atoms with van der Waals surface area (Å²) in [4.78, 5) is 4.34. The van der Waals surface area contributed by atoms with Crippen LogP contribution < -0.4 is 4.74 Å². The summed E-state index contributed by atoms with van der Waals surface area (Å²) < 4.78 is 5.64. The van der Waals surface area contributed by atoms with Crippen LogP contribution >= 0.6 is 0 Å². The van der Waals surface area contributed by atoms with E-state index in [1.165, 1.54) is 5.56 Å². The fraction of sp³-hybridized carbons (Fsp3) is 0.667. The summed E-state index contributed by atoms with van der Waals surface area (Å²) in [6.07, 6.45) is 2.96. The fourth-order valence-electron chi connectivity index (χ4n) is 1.50. The summed E-state index contributed by atoms with van der Waals surface area (Å²) in [6.45, 7) is 13.9. The SMILES string of the molecule is CC(C)(C)COc1ccc(CC(C)(C)C)cn1. The molecule has 1 aromatic rings. The molecular weight excluding hydrogens is 210 g/mol. The first-order valence-electron chi connectivity index (χ1n) is 6.23. The van der Waals surface area contributed by atoms with Gasteiger partial charge in [-0.05, 0) is 22.8 Å². The van der Waals surface area contributed by atoms with Crippen LogP contribution in [0.15, 0.2) is 18.3 Å². The summed E-state index contributed by atoms with van der Waals surface area (Å²) in [5, 5.41) is 0. The Kier molecular flexibility index (Phi) is 4.18. The van der Waals surface area contributed by atoms with Crippen molar-refractivity contribution in [3.63, 3.8) is 0 Å². The van der Waals surface area contributed by atoms with E-state index in [4.69, 9.17) is 4.74 Å². The van der Waals surface area contributed by atoms with Crippen LogP contribution in [-0.2, 0) is 6.42 Å². The second-order valence-electron chi connectivity index (χ2n) is 7.09. The Balaban J connectivity index is 2.56. The molecule has 0 aliphatic rings. The van der Waals surface area contributed by atoms with E-state index in [0.29, 0.717) is 12.0 Å². The smallest absolute Gasteiger partial charge is 0.213 e. The minimum absolute atomic E-state index is 0.172. The number of hydrogen-bond acceptors (Lipinski definition) is 2. The van der Waals surface area contributed by atoms with E-state index in [1.54, 1.807) is 0 Å². The lowest BCUT2D eigenvalue weighted by Crippen LogP contribution is -2.17. The Morgan fingerprint density at radius 2 is 1.65 bits per heavy atom. The molecule has 0 aromatic carbocycles. The van der Waals surface area contributed by atoms with Gasteiger partial charge in [-0.1, -0.05) is 47.6 Å². The van der Waals surface area contributed by atoms with Crippen molar-refractivity contribution in [1.29, 1.82) is 0 Å². The molecular formula is C15H25NO. The summed E-state index contributed by atoms with van der Waals surface area (Å²) >= 11 is 0. The highest BCUT2D eigenvalue weighted by Crippen LogP contribution is 2.21. The molecule has 0 aliphatic carbocycles. The van der Waals surface area contributed by atoms with E-state index in [9.17, 15) is 0 Å². The third-order valence-electron chi connectivity index (χ3n) is 2.19. The number of aromatic nitrogens is 1. The standard InChI is InChI=1S/C15H25NO/c1-14(2,3)9-12-7-8-13(16-10-12)17-11-15(4,5)6/h7-8,10H,9,11H2,1-6H3.